The van der Waals surface area contributed by atoms with E-state index in [1.807, 2.05) is 36.4 Å². The number of ether oxygens (including phenoxy) is 1. The predicted octanol–water partition coefficient (Wildman–Crippen LogP) is 2.45. The van der Waals surface area contributed by atoms with E-state index in [4.69, 9.17) is 4.74 Å². The van der Waals surface area contributed by atoms with E-state index in [0.29, 0.717) is 17.9 Å². The zero-order valence-electron chi connectivity index (χ0n) is 12.3. The van der Waals surface area contributed by atoms with Gasteiger partial charge < -0.3 is 10.1 Å². The Labute approximate surface area is 132 Å². The summed E-state index contributed by atoms with van der Waals surface area (Å²) in [4.78, 5) is 16.5. The third-order valence-electron chi connectivity index (χ3n) is 3.77. The highest BCUT2D eigenvalue weighted by atomic mass is 16.5. The minimum absolute atomic E-state index is 0.160. The lowest BCUT2D eigenvalue weighted by molar-refractivity contribution is 0.102. The minimum Gasteiger partial charge on any atom is -0.493 e. The molecule has 1 amide bonds. The van der Waals surface area contributed by atoms with Crippen LogP contribution in [0.5, 0.6) is 5.75 Å². The second-order valence-corrected chi connectivity index (χ2v) is 5.23. The standard InChI is InChI=1S/C17H14N4O2/c22-17(13-5-6-16-12(9-13)7-8-23-16)20-14-3-1-2-4-15(14)21-11-18-10-19-21/h1-6,9-11H,7-8H2,(H,20,22). The summed E-state index contributed by atoms with van der Waals surface area (Å²) in [7, 11) is 0. The van der Waals surface area contributed by atoms with Gasteiger partial charge in [-0.1, -0.05) is 12.1 Å². The van der Waals surface area contributed by atoms with Gasteiger partial charge in [0.25, 0.3) is 5.91 Å². The lowest BCUT2D eigenvalue weighted by Gasteiger charge is -2.11. The van der Waals surface area contributed by atoms with Crippen LogP contribution in [-0.2, 0) is 6.42 Å². The van der Waals surface area contributed by atoms with Crippen molar-refractivity contribution < 1.29 is 9.53 Å². The third kappa shape index (κ3) is 2.55. The Hall–Kier alpha value is -3.15. The number of amides is 1. The van der Waals surface area contributed by atoms with Crippen molar-refractivity contribution in [1.82, 2.24) is 14.8 Å². The monoisotopic (exact) mass is 306 g/mol. The van der Waals surface area contributed by atoms with Gasteiger partial charge in [0, 0.05) is 12.0 Å². The van der Waals surface area contributed by atoms with Crippen molar-refractivity contribution in [2.24, 2.45) is 0 Å². The van der Waals surface area contributed by atoms with Crippen molar-refractivity contribution in [3.05, 3.63) is 66.2 Å². The quantitative estimate of drug-likeness (QED) is 0.807. The van der Waals surface area contributed by atoms with Gasteiger partial charge in [0.2, 0.25) is 0 Å². The van der Waals surface area contributed by atoms with Gasteiger partial charge in [-0.25, -0.2) is 9.67 Å². The molecule has 0 spiro atoms. The van der Waals surface area contributed by atoms with E-state index in [1.165, 1.54) is 6.33 Å². The Morgan fingerprint density at radius 2 is 2.13 bits per heavy atom. The molecule has 0 radical (unpaired) electrons. The molecule has 0 saturated carbocycles. The van der Waals surface area contributed by atoms with Gasteiger partial charge in [-0.3, -0.25) is 4.79 Å². The van der Waals surface area contributed by atoms with Crippen LogP contribution in [0.2, 0.25) is 0 Å². The molecule has 0 fully saturated rings. The van der Waals surface area contributed by atoms with Crippen molar-refractivity contribution in [3.63, 3.8) is 0 Å². The van der Waals surface area contributed by atoms with Gasteiger partial charge in [-0.05, 0) is 35.9 Å². The summed E-state index contributed by atoms with van der Waals surface area (Å²) >= 11 is 0. The minimum atomic E-state index is -0.160. The Balaban J connectivity index is 1.62. The lowest BCUT2D eigenvalue weighted by atomic mass is 10.1. The fourth-order valence-electron chi connectivity index (χ4n) is 2.63. The van der Waals surface area contributed by atoms with Crippen molar-refractivity contribution in [1.29, 1.82) is 0 Å². The number of carbonyl (C=O) groups excluding carboxylic acids is 1. The van der Waals surface area contributed by atoms with Crippen LogP contribution in [-0.4, -0.2) is 27.3 Å². The Morgan fingerprint density at radius 1 is 1.22 bits per heavy atom. The molecule has 0 aliphatic carbocycles. The number of carbonyl (C=O) groups is 1. The van der Waals surface area contributed by atoms with Crippen LogP contribution in [0.25, 0.3) is 5.69 Å². The molecular formula is C17H14N4O2. The first-order chi connectivity index (χ1) is 11.3. The molecule has 23 heavy (non-hydrogen) atoms. The molecule has 1 aliphatic rings. The average Bonchev–Trinajstić information content (AvgIpc) is 3.26. The van der Waals surface area contributed by atoms with E-state index < -0.39 is 0 Å². The topological polar surface area (TPSA) is 69.0 Å². The maximum atomic E-state index is 12.5. The molecule has 2 aromatic carbocycles. The zero-order chi connectivity index (χ0) is 15.6. The van der Waals surface area contributed by atoms with E-state index in [2.05, 4.69) is 15.4 Å². The first-order valence-corrected chi connectivity index (χ1v) is 7.32. The molecule has 4 rings (SSSR count). The number of fused-ring (bicyclic) bond motifs is 1. The number of nitrogens with one attached hydrogen (secondary N) is 1. The third-order valence-corrected chi connectivity index (χ3v) is 3.77. The molecule has 1 aliphatic heterocycles. The SMILES string of the molecule is O=C(Nc1ccccc1-n1cncn1)c1ccc2c(c1)CCO2. The van der Waals surface area contributed by atoms with E-state index in [9.17, 15) is 4.79 Å². The summed E-state index contributed by atoms with van der Waals surface area (Å²) in [6, 6.07) is 13.0. The van der Waals surface area contributed by atoms with E-state index in [0.717, 1.165) is 23.4 Å². The molecule has 0 bridgehead atoms. The van der Waals surface area contributed by atoms with Crippen LogP contribution in [0.1, 0.15) is 15.9 Å². The molecule has 0 unspecified atom stereocenters. The second kappa shape index (κ2) is 5.57. The van der Waals surface area contributed by atoms with Crippen LogP contribution < -0.4 is 10.1 Å². The summed E-state index contributed by atoms with van der Waals surface area (Å²) in [5.41, 5.74) is 3.13. The number of benzene rings is 2. The molecule has 1 aromatic heterocycles. The second-order valence-electron chi connectivity index (χ2n) is 5.23. The highest BCUT2D eigenvalue weighted by Gasteiger charge is 2.16. The summed E-state index contributed by atoms with van der Waals surface area (Å²) < 4.78 is 7.09. The maximum absolute atomic E-state index is 12.5. The van der Waals surface area contributed by atoms with Crippen molar-refractivity contribution in [3.8, 4) is 11.4 Å². The van der Waals surface area contributed by atoms with Gasteiger partial charge in [-0.15, -0.1) is 0 Å². The number of rotatable bonds is 3. The number of nitrogens with zero attached hydrogens (tertiary/aromatic N) is 3. The number of para-hydroxylation sites is 2. The van der Waals surface area contributed by atoms with Crippen molar-refractivity contribution >= 4 is 11.6 Å². The average molecular weight is 306 g/mol. The molecule has 114 valence electrons. The summed E-state index contributed by atoms with van der Waals surface area (Å²) in [6.07, 6.45) is 3.89. The Kier molecular flexibility index (Phi) is 3.27. The number of hydrogen-bond donors (Lipinski definition) is 1. The van der Waals surface area contributed by atoms with Crippen LogP contribution >= 0.6 is 0 Å². The van der Waals surface area contributed by atoms with Crippen molar-refractivity contribution in [2.45, 2.75) is 6.42 Å². The van der Waals surface area contributed by atoms with Gasteiger partial charge in [0.1, 0.15) is 18.4 Å². The van der Waals surface area contributed by atoms with Crippen LogP contribution in [0, 0.1) is 0 Å². The molecule has 0 atom stereocenters. The molecule has 3 aromatic rings. The van der Waals surface area contributed by atoms with E-state index >= 15 is 0 Å². The van der Waals surface area contributed by atoms with Crippen LogP contribution in [0.3, 0.4) is 0 Å². The Morgan fingerprint density at radius 3 is 3.00 bits per heavy atom. The molecule has 6 nitrogen and oxygen atoms in total. The van der Waals surface area contributed by atoms with Crippen molar-refractivity contribution in [2.75, 3.05) is 11.9 Å². The largest absolute Gasteiger partial charge is 0.493 e. The predicted molar refractivity (Wildman–Crippen MR) is 85.0 cm³/mol. The molecule has 0 saturated heterocycles. The normalized spacial score (nSPS) is 12.5. The fourth-order valence-corrected chi connectivity index (χ4v) is 2.63. The highest BCUT2D eigenvalue weighted by molar-refractivity contribution is 6.05. The molecular weight excluding hydrogens is 292 g/mol. The summed E-state index contributed by atoms with van der Waals surface area (Å²) in [5.74, 6) is 0.705. The first kappa shape index (κ1) is 13.5. The van der Waals surface area contributed by atoms with Gasteiger partial charge >= 0.3 is 0 Å². The van der Waals surface area contributed by atoms with Gasteiger partial charge in [-0.2, -0.15) is 5.10 Å². The highest BCUT2D eigenvalue weighted by Crippen LogP contribution is 2.26. The van der Waals surface area contributed by atoms with Crippen LogP contribution in [0.4, 0.5) is 5.69 Å². The summed E-state index contributed by atoms with van der Waals surface area (Å²) in [6.45, 7) is 0.676. The Bertz CT molecular complexity index is 859. The van der Waals surface area contributed by atoms with Crippen LogP contribution in [0.15, 0.2) is 55.1 Å². The lowest BCUT2D eigenvalue weighted by Crippen LogP contribution is -2.14. The number of anilines is 1. The van der Waals surface area contributed by atoms with E-state index in [1.54, 1.807) is 17.1 Å². The first-order valence-electron chi connectivity index (χ1n) is 7.32. The molecule has 1 N–H and O–H groups in total. The van der Waals surface area contributed by atoms with E-state index in [-0.39, 0.29) is 5.91 Å². The zero-order valence-corrected chi connectivity index (χ0v) is 12.3. The van der Waals surface area contributed by atoms with Gasteiger partial charge in [0.05, 0.1) is 18.0 Å². The number of aromatic nitrogens is 3. The summed E-state index contributed by atoms with van der Waals surface area (Å²) in [5, 5.41) is 7.05. The smallest absolute Gasteiger partial charge is 0.255 e. The maximum Gasteiger partial charge on any atom is 0.255 e. The molecule has 2 heterocycles. The van der Waals surface area contributed by atoms with Gasteiger partial charge in [0.15, 0.2) is 0 Å². The molecule has 6 heteroatoms. The number of hydrogen-bond acceptors (Lipinski definition) is 4. The fraction of sp³-hybridized carbons (Fsp3) is 0.118.